The molecule has 0 bridgehead atoms. The van der Waals surface area contributed by atoms with E-state index in [2.05, 4.69) is 24.1 Å². The third-order valence-corrected chi connectivity index (χ3v) is 3.89. The van der Waals surface area contributed by atoms with Gasteiger partial charge in [-0.1, -0.05) is 6.07 Å². The lowest BCUT2D eigenvalue weighted by atomic mass is 10.0. The molecular formula is C15H22F2N2. The minimum absolute atomic E-state index is 0.147. The number of nitrogens with one attached hydrogen (secondary N) is 1. The highest BCUT2D eigenvalue weighted by atomic mass is 19.1. The molecule has 1 N–H and O–H groups in total. The van der Waals surface area contributed by atoms with E-state index in [4.69, 9.17) is 0 Å². The van der Waals surface area contributed by atoms with Crippen LogP contribution in [-0.2, 0) is 6.54 Å². The van der Waals surface area contributed by atoms with Crippen molar-refractivity contribution in [2.45, 2.75) is 45.3 Å². The van der Waals surface area contributed by atoms with Crippen LogP contribution in [0.3, 0.4) is 0 Å². The molecule has 1 fully saturated rings. The molecule has 1 aromatic carbocycles. The number of rotatable bonds is 4. The van der Waals surface area contributed by atoms with Gasteiger partial charge < -0.3 is 10.2 Å². The molecule has 0 radical (unpaired) electrons. The first-order chi connectivity index (χ1) is 9.08. The first-order valence-corrected chi connectivity index (χ1v) is 6.98. The lowest BCUT2D eigenvalue weighted by Crippen LogP contribution is -2.44. The first kappa shape index (κ1) is 14.4. The summed E-state index contributed by atoms with van der Waals surface area (Å²) in [6.07, 6.45) is 2.07. The fourth-order valence-corrected chi connectivity index (χ4v) is 2.57. The molecule has 1 heterocycles. The highest BCUT2D eigenvalue weighted by Gasteiger charge is 2.21. The maximum atomic E-state index is 13.5. The Morgan fingerprint density at radius 3 is 2.32 bits per heavy atom. The fraction of sp³-hybridized carbons (Fsp3) is 0.600. The molecule has 19 heavy (non-hydrogen) atoms. The van der Waals surface area contributed by atoms with E-state index >= 15 is 0 Å². The van der Waals surface area contributed by atoms with Crippen molar-refractivity contribution in [3.8, 4) is 0 Å². The molecule has 2 nitrogen and oxygen atoms in total. The zero-order valence-corrected chi connectivity index (χ0v) is 11.6. The first-order valence-electron chi connectivity index (χ1n) is 6.98. The van der Waals surface area contributed by atoms with E-state index in [1.165, 1.54) is 18.2 Å². The normalized spacial score (nSPS) is 18.2. The van der Waals surface area contributed by atoms with Gasteiger partial charge in [-0.15, -0.1) is 0 Å². The van der Waals surface area contributed by atoms with Gasteiger partial charge in [-0.25, -0.2) is 8.78 Å². The van der Waals surface area contributed by atoms with Crippen molar-refractivity contribution in [2.24, 2.45) is 0 Å². The number of hydrogen-bond donors (Lipinski definition) is 1. The summed E-state index contributed by atoms with van der Waals surface area (Å²) >= 11 is 0. The zero-order chi connectivity index (χ0) is 13.8. The van der Waals surface area contributed by atoms with E-state index in [0.29, 0.717) is 12.1 Å². The van der Waals surface area contributed by atoms with Gasteiger partial charge in [0.15, 0.2) is 0 Å². The van der Waals surface area contributed by atoms with Crippen LogP contribution in [0.5, 0.6) is 0 Å². The molecular weight excluding hydrogens is 246 g/mol. The molecule has 0 saturated carbocycles. The van der Waals surface area contributed by atoms with Gasteiger partial charge in [-0.2, -0.15) is 0 Å². The maximum absolute atomic E-state index is 13.5. The van der Waals surface area contributed by atoms with Crippen LogP contribution in [0.2, 0.25) is 0 Å². The third-order valence-electron chi connectivity index (χ3n) is 3.89. The lowest BCUT2D eigenvalue weighted by Gasteiger charge is -2.35. The average Bonchev–Trinajstić information content (AvgIpc) is 2.38. The summed E-state index contributed by atoms with van der Waals surface area (Å²) in [5.41, 5.74) is 0.147. The summed E-state index contributed by atoms with van der Waals surface area (Å²) in [5.74, 6) is -0.931. The second-order valence-electron chi connectivity index (χ2n) is 5.49. The summed E-state index contributed by atoms with van der Waals surface area (Å²) in [6.45, 7) is 6.76. The van der Waals surface area contributed by atoms with Crippen LogP contribution >= 0.6 is 0 Å². The summed E-state index contributed by atoms with van der Waals surface area (Å²) in [6, 6.07) is 4.94. The molecule has 2 rings (SSSR count). The topological polar surface area (TPSA) is 15.3 Å². The van der Waals surface area contributed by atoms with Gasteiger partial charge in [0.1, 0.15) is 11.6 Å². The van der Waals surface area contributed by atoms with Crippen molar-refractivity contribution in [2.75, 3.05) is 13.1 Å². The Labute approximate surface area is 113 Å². The van der Waals surface area contributed by atoms with Crippen LogP contribution in [0.25, 0.3) is 0 Å². The van der Waals surface area contributed by atoms with E-state index in [1.54, 1.807) is 0 Å². The number of hydrogen-bond acceptors (Lipinski definition) is 2. The van der Waals surface area contributed by atoms with Crippen molar-refractivity contribution in [3.63, 3.8) is 0 Å². The van der Waals surface area contributed by atoms with Crippen LogP contribution in [-0.4, -0.2) is 30.1 Å². The van der Waals surface area contributed by atoms with Crippen LogP contribution in [0.4, 0.5) is 8.78 Å². The van der Waals surface area contributed by atoms with Gasteiger partial charge in [-0.05, 0) is 51.9 Å². The van der Waals surface area contributed by atoms with Gasteiger partial charge in [0.25, 0.3) is 0 Å². The molecule has 0 atom stereocenters. The second kappa shape index (κ2) is 6.44. The molecule has 1 aromatic rings. The number of benzene rings is 1. The van der Waals surface area contributed by atoms with E-state index < -0.39 is 11.6 Å². The number of likely N-dealkylation sites (tertiary alicyclic amines) is 1. The summed E-state index contributed by atoms with van der Waals surface area (Å²) in [7, 11) is 0. The Morgan fingerprint density at radius 1 is 1.21 bits per heavy atom. The Kier molecular flexibility index (Phi) is 4.88. The van der Waals surface area contributed by atoms with Crippen molar-refractivity contribution in [1.29, 1.82) is 0 Å². The molecule has 4 heteroatoms. The third kappa shape index (κ3) is 3.74. The predicted molar refractivity (Wildman–Crippen MR) is 72.9 cm³/mol. The monoisotopic (exact) mass is 268 g/mol. The van der Waals surface area contributed by atoms with Gasteiger partial charge >= 0.3 is 0 Å². The van der Waals surface area contributed by atoms with Crippen molar-refractivity contribution >= 4 is 0 Å². The minimum Gasteiger partial charge on any atom is -0.310 e. The predicted octanol–water partition coefficient (Wildman–Crippen LogP) is 2.93. The van der Waals surface area contributed by atoms with Gasteiger partial charge in [0.05, 0.1) is 0 Å². The van der Waals surface area contributed by atoms with Gasteiger partial charge in [0.2, 0.25) is 0 Å². The van der Waals surface area contributed by atoms with E-state index in [0.717, 1.165) is 25.9 Å². The van der Waals surface area contributed by atoms with E-state index in [-0.39, 0.29) is 12.1 Å². The van der Waals surface area contributed by atoms with E-state index in [9.17, 15) is 8.78 Å². The minimum atomic E-state index is -0.466. The second-order valence-corrected chi connectivity index (χ2v) is 5.49. The van der Waals surface area contributed by atoms with Crippen molar-refractivity contribution in [3.05, 3.63) is 35.4 Å². The molecule has 0 aromatic heterocycles. The summed E-state index contributed by atoms with van der Waals surface area (Å²) < 4.78 is 27.0. The molecule has 0 spiro atoms. The van der Waals surface area contributed by atoms with Crippen LogP contribution in [0.1, 0.15) is 32.3 Å². The molecule has 0 aliphatic carbocycles. The van der Waals surface area contributed by atoms with Crippen molar-refractivity contribution in [1.82, 2.24) is 10.2 Å². The lowest BCUT2D eigenvalue weighted by molar-refractivity contribution is 0.160. The molecule has 0 amide bonds. The Hall–Kier alpha value is -1.00. The Bertz CT molecular complexity index is 392. The quantitative estimate of drug-likeness (QED) is 0.903. The number of piperidine rings is 1. The van der Waals surface area contributed by atoms with Crippen LogP contribution < -0.4 is 5.32 Å². The number of halogens is 2. The highest BCUT2D eigenvalue weighted by molar-refractivity contribution is 5.19. The van der Waals surface area contributed by atoms with Gasteiger partial charge in [0, 0.05) is 24.2 Å². The molecule has 106 valence electrons. The number of nitrogens with zero attached hydrogens (tertiary/aromatic N) is 1. The smallest absolute Gasteiger partial charge is 0.130 e. The molecule has 0 unspecified atom stereocenters. The van der Waals surface area contributed by atoms with Crippen molar-refractivity contribution < 1.29 is 8.78 Å². The molecule has 1 aliphatic rings. The molecule has 1 aliphatic heterocycles. The van der Waals surface area contributed by atoms with Crippen LogP contribution in [0.15, 0.2) is 18.2 Å². The Morgan fingerprint density at radius 2 is 1.79 bits per heavy atom. The Balaban J connectivity index is 1.84. The highest BCUT2D eigenvalue weighted by Crippen LogP contribution is 2.15. The zero-order valence-electron chi connectivity index (χ0n) is 11.6. The largest absolute Gasteiger partial charge is 0.310 e. The fourth-order valence-electron chi connectivity index (χ4n) is 2.57. The van der Waals surface area contributed by atoms with E-state index in [1.807, 2.05) is 0 Å². The van der Waals surface area contributed by atoms with Crippen LogP contribution in [0, 0.1) is 11.6 Å². The average molecular weight is 268 g/mol. The molecule has 1 saturated heterocycles. The summed E-state index contributed by atoms with van der Waals surface area (Å²) in [5, 5.41) is 3.27. The SMILES string of the molecule is CC(C)N1CCC(NCc2c(F)cccc2F)CC1. The maximum Gasteiger partial charge on any atom is 0.130 e. The standard InChI is InChI=1S/C15H22F2N2/c1-11(2)19-8-6-12(7-9-19)18-10-13-14(16)4-3-5-15(13)17/h3-5,11-12,18H,6-10H2,1-2H3. The summed E-state index contributed by atoms with van der Waals surface area (Å²) in [4.78, 5) is 2.43. The van der Waals surface area contributed by atoms with Gasteiger partial charge in [-0.3, -0.25) is 0 Å².